The van der Waals surface area contributed by atoms with Crippen LogP contribution in [0.15, 0.2) is 18.2 Å². The molecule has 1 amide bonds. The van der Waals surface area contributed by atoms with Crippen LogP contribution in [0.4, 0.5) is 0 Å². The molecule has 0 radical (unpaired) electrons. The van der Waals surface area contributed by atoms with E-state index in [0.717, 1.165) is 41.5 Å². The minimum absolute atomic E-state index is 0.202. The van der Waals surface area contributed by atoms with E-state index >= 15 is 0 Å². The molecule has 3 rings (SSSR count). The van der Waals surface area contributed by atoms with E-state index in [1.165, 1.54) is 0 Å². The number of nitrogens with zero attached hydrogens (tertiary/aromatic N) is 1. The lowest BCUT2D eigenvalue weighted by molar-refractivity contribution is -0.142. The lowest BCUT2D eigenvalue weighted by Crippen LogP contribution is -2.40. The fourth-order valence-corrected chi connectivity index (χ4v) is 3.94. The van der Waals surface area contributed by atoms with E-state index < -0.39 is 11.9 Å². The molecule has 1 saturated carbocycles. The molecule has 0 saturated heterocycles. The summed E-state index contributed by atoms with van der Waals surface area (Å²) in [6.07, 6.45) is 2.18. The zero-order valence-electron chi connectivity index (χ0n) is 15.5. The van der Waals surface area contributed by atoms with Crippen LogP contribution in [0.1, 0.15) is 40.9 Å². The summed E-state index contributed by atoms with van der Waals surface area (Å²) >= 11 is 0. The number of amides is 1. The first kappa shape index (κ1) is 18.5. The van der Waals surface area contributed by atoms with Crippen molar-refractivity contribution in [2.24, 2.45) is 5.92 Å². The van der Waals surface area contributed by atoms with Crippen molar-refractivity contribution >= 4 is 22.8 Å². The van der Waals surface area contributed by atoms with Crippen molar-refractivity contribution in [3.8, 4) is 0 Å². The van der Waals surface area contributed by atoms with Gasteiger partial charge in [-0.2, -0.15) is 0 Å². The first-order valence-electron chi connectivity index (χ1n) is 9.06. The number of aliphatic carboxylic acids is 1. The van der Waals surface area contributed by atoms with Gasteiger partial charge in [-0.15, -0.1) is 0 Å². The lowest BCUT2D eigenvalue weighted by atomic mass is 10.0. The molecule has 0 unspecified atom stereocenters. The van der Waals surface area contributed by atoms with Gasteiger partial charge < -0.3 is 19.7 Å². The molecular formula is C20H26N2O4. The van der Waals surface area contributed by atoms with Crippen molar-refractivity contribution in [3.63, 3.8) is 0 Å². The number of hydrogen-bond acceptors (Lipinski definition) is 3. The van der Waals surface area contributed by atoms with E-state index in [2.05, 4.69) is 23.7 Å². The number of nitrogens with one attached hydrogen (secondary N) is 1. The minimum atomic E-state index is -0.829. The van der Waals surface area contributed by atoms with E-state index in [9.17, 15) is 14.7 Å². The maximum Gasteiger partial charge on any atom is 0.308 e. The summed E-state index contributed by atoms with van der Waals surface area (Å²) < 4.78 is 7.39. The van der Waals surface area contributed by atoms with Crippen molar-refractivity contribution in [2.75, 3.05) is 13.7 Å². The van der Waals surface area contributed by atoms with Gasteiger partial charge in [-0.1, -0.05) is 6.42 Å². The van der Waals surface area contributed by atoms with Gasteiger partial charge in [0.2, 0.25) is 0 Å². The van der Waals surface area contributed by atoms with Crippen LogP contribution in [-0.4, -0.2) is 41.3 Å². The maximum absolute atomic E-state index is 12.7. The SMILES string of the molecule is COCCn1c(C)c(C)c2cc(C(=O)N[C@@H]3CCC[C@@H]3C(=O)O)ccc21. The third-order valence-corrected chi connectivity index (χ3v) is 5.57. The Labute approximate surface area is 153 Å². The molecule has 1 aromatic carbocycles. The second-order valence-corrected chi connectivity index (χ2v) is 7.04. The van der Waals surface area contributed by atoms with Crippen LogP contribution in [0.3, 0.4) is 0 Å². The number of carboxylic acid groups (broad SMARTS) is 1. The maximum atomic E-state index is 12.7. The van der Waals surface area contributed by atoms with Gasteiger partial charge in [0, 0.05) is 41.9 Å². The molecule has 0 bridgehead atoms. The quantitative estimate of drug-likeness (QED) is 0.832. The molecule has 1 heterocycles. The van der Waals surface area contributed by atoms with Gasteiger partial charge in [0.25, 0.3) is 5.91 Å². The first-order chi connectivity index (χ1) is 12.4. The monoisotopic (exact) mass is 358 g/mol. The minimum Gasteiger partial charge on any atom is -0.481 e. The Balaban J connectivity index is 1.86. The Morgan fingerprint density at radius 1 is 1.31 bits per heavy atom. The molecular weight excluding hydrogens is 332 g/mol. The Bertz CT molecular complexity index is 840. The van der Waals surface area contributed by atoms with Crippen LogP contribution in [0, 0.1) is 19.8 Å². The van der Waals surface area contributed by atoms with E-state index in [1.54, 1.807) is 7.11 Å². The summed E-state index contributed by atoms with van der Waals surface area (Å²) in [7, 11) is 1.68. The number of methoxy groups -OCH3 is 1. The molecule has 6 heteroatoms. The average molecular weight is 358 g/mol. The summed E-state index contributed by atoms with van der Waals surface area (Å²) in [4.78, 5) is 24.0. The third-order valence-electron chi connectivity index (χ3n) is 5.57. The summed E-state index contributed by atoms with van der Waals surface area (Å²) in [5.41, 5.74) is 3.96. The highest BCUT2D eigenvalue weighted by Gasteiger charge is 2.34. The van der Waals surface area contributed by atoms with Gasteiger partial charge in [0.1, 0.15) is 0 Å². The van der Waals surface area contributed by atoms with Gasteiger partial charge >= 0.3 is 5.97 Å². The topological polar surface area (TPSA) is 80.6 Å². The van der Waals surface area contributed by atoms with E-state index in [-0.39, 0.29) is 11.9 Å². The Morgan fingerprint density at radius 2 is 2.08 bits per heavy atom. The number of fused-ring (bicyclic) bond motifs is 1. The van der Waals surface area contributed by atoms with Crippen LogP contribution < -0.4 is 5.32 Å². The molecule has 2 aromatic rings. The highest BCUT2D eigenvalue weighted by Crippen LogP contribution is 2.28. The highest BCUT2D eigenvalue weighted by atomic mass is 16.5. The Kier molecular flexibility index (Phi) is 5.32. The number of aryl methyl sites for hydroxylation is 1. The predicted molar refractivity (Wildman–Crippen MR) is 99.5 cm³/mol. The van der Waals surface area contributed by atoms with Gasteiger partial charge in [0.05, 0.1) is 12.5 Å². The number of carbonyl (C=O) groups excluding carboxylic acids is 1. The molecule has 1 aliphatic carbocycles. The average Bonchev–Trinajstić information content (AvgIpc) is 3.17. The smallest absolute Gasteiger partial charge is 0.308 e. The van der Waals surface area contributed by atoms with Crippen molar-refractivity contribution in [3.05, 3.63) is 35.0 Å². The number of carbonyl (C=O) groups is 2. The fourth-order valence-electron chi connectivity index (χ4n) is 3.94. The number of carboxylic acids is 1. The first-order valence-corrected chi connectivity index (χ1v) is 9.06. The van der Waals surface area contributed by atoms with Crippen molar-refractivity contribution in [1.82, 2.24) is 9.88 Å². The zero-order chi connectivity index (χ0) is 18.8. The van der Waals surface area contributed by atoms with E-state index in [4.69, 9.17) is 4.74 Å². The number of rotatable bonds is 6. The van der Waals surface area contributed by atoms with E-state index in [0.29, 0.717) is 18.6 Å². The molecule has 2 N–H and O–H groups in total. The van der Waals surface area contributed by atoms with Crippen LogP contribution in [-0.2, 0) is 16.1 Å². The lowest BCUT2D eigenvalue weighted by Gasteiger charge is -2.17. The summed E-state index contributed by atoms with van der Waals surface area (Å²) in [5, 5.41) is 13.3. The Morgan fingerprint density at radius 3 is 2.77 bits per heavy atom. The molecule has 6 nitrogen and oxygen atoms in total. The number of benzene rings is 1. The number of ether oxygens (including phenoxy) is 1. The van der Waals surface area contributed by atoms with Crippen molar-refractivity contribution < 1.29 is 19.4 Å². The van der Waals surface area contributed by atoms with Crippen LogP contribution in [0.25, 0.3) is 10.9 Å². The summed E-state index contributed by atoms with van der Waals surface area (Å²) in [6.45, 7) is 5.52. The molecule has 0 aliphatic heterocycles. The standard InChI is InChI=1S/C20H26N2O4/c1-12-13(2)22(9-10-26-3)18-8-7-14(11-16(12)18)19(23)21-17-6-4-5-15(17)20(24)25/h7-8,11,15,17H,4-6,9-10H2,1-3H3,(H,21,23)(H,24,25)/t15-,17+/m0/s1. The van der Waals surface area contributed by atoms with Gasteiger partial charge in [-0.3, -0.25) is 9.59 Å². The number of aromatic nitrogens is 1. The third kappa shape index (κ3) is 3.33. The van der Waals surface area contributed by atoms with Crippen molar-refractivity contribution in [2.45, 2.75) is 45.7 Å². The van der Waals surface area contributed by atoms with Gasteiger partial charge in [-0.05, 0) is 50.5 Å². The molecule has 1 fully saturated rings. The predicted octanol–water partition coefficient (Wildman–Crippen LogP) is 2.89. The normalized spacial score (nSPS) is 19.8. The zero-order valence-corrected chi connectivity index (χ0v) is 15.5. The number of hydrogen-bond donors (Lipinski definition) is 2. The fraction of sp³-hybridized carbons (Fsp3) is 0.500. The van der Waals surface area contributed by atoms with Crippen LogP contribution >= 0.6 is 0 Å². The highest BCUT2D eigenvalue weighted by molar-refractivity contribution is 5.99. The van der Waals surface area contributed by atoms with E-state index in [1.807, 2.05) is 18.2 Å². The molecule has 26 heavy (non-hydrogen) atoms. The van der Waals surface area contributed by atoms with Crippen LogP contribution in [0.5, 0.6) is 0 Å². The Hall–Kier alpha value is -2.34. The molecule has 140 valence electrons. The van der Waals surface area contributed by atoms with Gasteiger partial charge in [-0.25, -0.2) is 0 Å². The van der Waals surface area contributed by atoms with Crippen LogP contribution in [0.2, 0.25) is 0 Å². The molecule has 2 atom stereocenters. The molecule has 1 aliphatic rings. The largest absolute Gasteiger partial charge is 0.481 e. The molecule has 1 aromatic heterocycles. The van der Waals surface area contributed by atoms with Crippen molar-refractivity contribution in [1.29, 1.82) is 0 Å². The summed E-state index contributed by atoms with van der Waals surface area (Å²) in [5.74, 6) is -1.52. The second-order valence-electron chi connectivity index (χ2n) is 7.04. The summed E-state index contributed by atoms with van der Waals surface area (Å²) in [6, 6.07) is 5.39. The van der Waals surface area contributed by atoms with Gasteiger partial charge in [0.15, 0.2) is 0 Å². The molecule has 0 spiro atoms. The second kappa shape index (κ2) is 7.50.